The van der Waals surface area contributed by atoms with Gasteiger partial charge in [0.05, 0.1) is 5.69 Å². The zero-order valence-corrected chi connectivity index (χ0v) is 10.9. The van der Waals surface area contributed by atoms with Gasteiger partial charge in [-0.25, -0.2) is 0 Å². The van der Waals surface area contributed by atoms with Crippen molar-refractivity contribution in [2.45, 2.75) is 23.6 Å². The molecule has 1 aliphatic rings. The number of para-hydroxylation sites is 1. The summed E-state index contributed by atoms with van der Waals surface area (Å²) in [5.74, 6) is -3.18. The second-order valence-electron chi connectivity index (χ2n) is 4.06. The Morgan fingerprint density at radius 1 is 1.37 bits per heavy atom. The standard InChI is InChI=1S/C12H12F2N2O2S/c1-7-11(18)16(6-10(17)15-7)8-4-2-3-5-9(8)19-12(13)14/h2-5,7,12H,6H2,1H3,(H,15,17). The molecule has 4 nitrogen and oxygen atoms in total. The molecule has 0 saturated carbocycles. The van der Waals surface area contributed by atoms with Crippen molar-refractivity contribution in [3.63, 3.8) is 0 Å². The molecule has 1 saturated heterocycles. The first-order valence-electron chi connectivity index (χ1n) is 5.63. The number of rotatable bonds is 3. The van der Waals surface area contributed by atoms with Crippen LogP contribution in [0.15, 0.2) is 29.2 Å². The van der Waals surface area contributed by atoms with Crippen LogP contribution in [0.2, 0.25) is 0 Å². The number of carbonyl (C=O) groups excluding carboxylic acids is 2. The number of nitrogens with one attached hydrogen (secondary N) is 1. The topological polar surface area (TPSA) is 49.4 Å². The van der Waals surface area contributed by atoms with E-state index >= 15 is 0 Å². The maximum Gasteiger partial charge on any atom is 0.288 e. The van der Waals surface area contributed by atoms with Gasteiger partial charge in [0.25, 0.3) is 5.76 Å². The Kier molecular flexibility index (Phi) is 4.04. The molecule has 1 aromatic carbocycles. The molecule has 1 heterocycles. The molecule has 1 aliphatic heterocycles. The van der Waals surface area contributed by atoms with E-state index in [4.69, 9.17) is 0 Å². The van der Waals surface area contributed by atoms with E-state index in [1.54, 1.807) is 25.1 Å². The zero-order chi connectivity index (χ0) is 14.0. The number of hydrogen-bond donors (Lipinski definition) is 1. The van der Waals surface area contributed by atoms with Crippen molar-refractivity contribution >= 4 is 29.3 Å². The lowest BCUT2D eigenvalue weighted by Gasteiger charge is -2.31. The fourth-order valence-electron chi connectivity index (χ4n) is 1.88. The minimum absolute atomic E-state index is 0.149. The smallest absolute Gasteiger partial charge is 0.288 e. The highest BCUT2D eigenvalue weighted by Crippen LogP contribution is 2.34. The van der Waals surface area contributed by atoms with Gasteiger partial charge in [-0.3, -0.25) is 9.59 Å². The fourth-order valence-corrected chi connectivity index (χ4v) is 2.53. The van der Waals surface area contributed by atoms with Gasteiger partial charge in [0.2, 0.25) is 11.8 Å². The molecule has 102 valence electrons. The number of piperazine rings is 1. The van der Waals surface area contributed by atoms with E-state index < -0.39 is 11.8 Å². The van der Waals surface area contributed by atoms with E-state index in [-0.39, 0.29) is 23.3 Å². The van der Waals surface area contributed by atoms with Gasteiger partial charge in [0.1, 0.15) is 12.6 Å². The first-order chi connectivity index (χ1) is 8.99. The number of anilines is 1. The van der Waals surface area contributed by atoms with Crippen molar-refractivity contribution < 1.29 is 18.4 Å². The van der Waals surface area contributed by atoms with E-state index in [1.807, 2.05) is 0 Å². The molecule has 1 atom stereocenters. The van der Waals surface area contributed by atoms with Crippen LogP contribution in [0.1, 0.15) is 6.92 Å². The monoisotopic (exact) mass is 286 g/mol. The number of halogens is 2. The van der Waals surface area contributed by atoms with Crippen LogP contribution in [0.5, 0.6) is 0 Å². The van der Waals surface area contributed by atoms with E-state index in [0.29, 0.717) is 17.4 Å². The van der Waals surface area contributed by atoms with Crippen LogP contribution in [-0.4, -0.2) is 30.2 Å². The van der Waals surface area contributed by atoms with Gasteiger partial charge in [0.15, 0.2) is 0 Å². The van der Waals surface area contributed by atoms with Crippen molar-refractivity contribution in [3.05, 3.63) is 24.3 Å². The lowest BCUT2D eigenvalue weighted by atomic mass is 10.2. The van der Waals surface area contributed by atoms with Crippen molar-refractivity contribution in [3.8, 4) is 0 Å². The predicted molar refractivity (Wildman–Crippen MR) is 68.3 cm³/mol. The molecule has 2 amide bonds. The summed E-state index contributed by atoms with van der Waals surface area (Å²) in [5.41, 5.74) is 0.347. The second-order valence-corrected chi connectivity index (χ2v) is 5.09. The summed E-state index contributed by atoms with van der Waals surface area (Å²) >= 11 is 0.364. The van der Waals surface area contributed by atoms with E-state index in [0.717, 1.165) is 0 Å². The number of hydrogen-bond acceptors (Lipinski definition) is 3. The maximum absolute atomic E-state index is 12.5. The summed E-state index contributed by atoms with van der Waals surface area (Å²) in [6.45, 7) is 1.42. The van der Waals surface area contributed by atoms with Gasteiger partial charge in [-0.2, -0.15) is 8.78 Å². The van der Waals surface area contributed by atoms with Gasteiger partial charge < -0.3 is 10.2 Å². The average Bonchev–Trinajstić information content (AvgIpc) is 2.34. The molecule has 0 aliphatic carbocycles. The Hall–Kier alpha value is -1.63. The molecule has 1 unspecified atom stereocenters. The third-order valence-corrected chi connectivity index (χ3v) is 3.47. The highest BCUT2D eigenvalue weighted by Gasteiger charge is 2.31. The van der Waals surface area contributed by atoms with E-state index in [1.165, 1.54) is 11.0 Å². The van der Waals surface area contributed by atoms with Gasteiger partial charge in [-0.15, -0.1) is 0 Å². The van der Waals surface area contributed by atoms with E-state index in [9.17, 15) is 18.4 Å². The van der Waals surface area contributed by atoms with Crippen LogP contribution in [0.25, 0.3) is 0 Å². The Labute approximate surface area is 113 Å². The number of alkyl halides is 2. The summed E-state index contributed by atoms with van der Waals surface area (Å²) < 4.78 is 25.0. The minimum atomic E-state index is -2.58. The molecule has 0 radical (unpaired) electrons. The molecule has 2 rings (SSSR count). The summed E-state index contributed by atoms with van der Waals surface area (Å²) in [6.07, 6.45) is 0. The number of thioether (sulfide) groups is 1. The van der Waals surface area contributed by atoms with Gasteiger partial charge in [0, 0.05) is 4.90 Å². The lowest BCUT2D eigenvalue weighted by Crippen LogP contribution is -2.57. The van der Waals surface area contributed by atoms with Crippen molar-refractivity contribution in [2.24, 2.45) is 0 Å². The number of benzene rings is 1. The van der Waals surface area contributed by atoms with Gasteiger partial charge in [-0.05, 0) is 19.1 Å². The van der Waals surface area contributed by atoms with Crippen LogP contribution in [0, 0.1) is 0 Å². The Bertz CT molecular complexity index is 510. The molecule has 19 heavy (non-hydrogen) atoms. The largest absolute Gasteiger partial charge is 0.343 e. The normalized spacial score (nSPS) is 19.8. The zero-order valence-electron chi connectivity index (χ0n) is 10.1. The summed E-state index contributed by atoms with van der Waals surface area (Å²) in [6, 6.07) is 5.69. The average molecular weight is 286 g/mol. The summed E-state index contributed by atoms with van der Waals surface area (Å²) in [5, 5.41) is 2.50. The fraction of sp³-hybridized carbons (Fsp3) is 0.333. The number of amides is 2. The molecular weight excluding hydrogens is 274 g/mol. The van der Waals surface area contributed by atoms with E-state index in [2.05, 4.69) is 5.32 Å². The summed E-state index contributed by atoms with van der Waals surface area (Å²) in [4.78, 5) is 25.0. The number of nitrogens with zero attached hydrogens (tertiary/aromatic N) is 1. The lowest BCUT2D eigenvalue weighted by molar-refractivity contribution is -0.130. The Morgan fingerprint density at radius 2 is 2.05 bits per heavy atom. The van der Waals surface area contributed by atoms with Crippen LogP contribution in [0.4, 0.5) is 14.5 Å². The molecule has 1 aromatic rings. The summed E-state index contributed by atoms with van der Waals surface area (Å²) in [7, 11) is 0. The molecule has 0 spiro atoms. The minimum Gasteiger partial charge on any atom is -0.343 e. The van der Waals surface area contributed by atoms with Crippen LogP contribution >= 0.6 is 11.8 Å². The molecule has 1 fully saturated rings. The van der Waals surface area contributed by atoms with Crippen LogP contribution in [0.3, 0.4) is 0 Å². The molecule has 0 bridgehead atoms. The first-order valence-corrected chi connectivity index (χ1v) is 6.51. The van der Waals surface area contributed by atoms with Crippen LogP contribution < -0.4 is 10.2 Å². The maximum atomic E-state index is 12.5. The molecule has 7 heteroatoms. The second kappa shape index (κ2) is 5.56. The number of carbonyl (C=O) groups is 2. The quantitative estimate of drug-likeness (QED) is 0.863. The third-order valence-electron chi connectivity index (χ3n) is 2.69. The molecule has 0 aromatic heterocycles. The predicted octanol–water partition coefficient (Wildman–Crippen LogP) is 1.85. The Balaban J connectivity index is 2.34. The van der Waals surface area contributed by atoms with Crippen molar-refractivity contribution in [1.29, 1.82) is 0 Å². The van der Waals surface area contributed by atoms with Crippen molar-refractivity contribution in [2.75, 3.05) is 11.4 Å². The van der Waals surface area contributed by atoms with Gasteiger partial charge >= 0.3 is 0 Å². The first kappa shape index (κ1) is 13.8. The Morgan fingerprint density at radius 3 is 2.74 bits per heavy atom. The SMILES string of the molecule is CC1NC(=O)CN(c2ccccc2SC(F)F)C1=O. The van der Waals surface area contributed by atoms with Crippen LogP contribution in [-0.2, 0) is 9.59 Å². The molecular formula is C12H12F2N2O2S. The highest BCUT2D eigenvalue weighted by molar-refractivity contribution is 7.99. The highest BCUT2D eigenvalue weighted by atomic mass is 32.2. The molecule has 1 N–H and O–H groups in total. The van der Waals surface area contributed by atoms with Gasteiger partial charge in [-0.1, -0.05) is 23.9 Å². The third kappa shape index (κ3) is 3.04. The van der Waals surface area contributed by atoms with Crippen molar-refractivity contribution in [1.82, 2.24) is 5.32 Å².